The molecule has 0 saturated carbocycles. The molecule has 0 saturated heterocycles. The molecule has 144 valence electrons. The number of benzene rings is 1. The smallest absolute Gasteiger partial charge is 0.128 e. The van der Waals surface area contributed by atoms with Crippen molar-refractivity contribution >= 4 is 48.9 Å². The third-order valence-corrected chi connectivity index (χ3v) is 7.24. The summed E-state index contributed by atoms with van der Waals surface area (Å²) in [6.07, 6.45) is 9.76. The van der Waals surface area contributed by atoms with Gasteiger partial charge in [0.2, 0.25) is 0 Å². The number of nitrogens with two attached hydrogens (primary N) is 1. The molecule has 0 bridgehead atoms. The lowest BCUT2D eigenvalue weighted by atomic mass is 10.00. The first-order valence-electron chi connectivity index (χ1n) is 8.74. The van der Waals surface area contributed by atoms with E-state index in [4.69, 9.17) is 5.14 Å². The van der Waals surface area contributed by atoms with E-state index in [-0.39, 0.29) is 0 Å². The fourth-order valence-electron chi connectivity index (χ4n) is 2.74. The predicted molar refractivity (Wildman–Crippen MR) is 117 cm³/mol. The van der Waals surface area contributed by atoms with Gasteiger partial charge in [-0.2, -0.15) is 0 Å². The van der Waals surface area contributed by atoms with Crippen LogP contribution >= 0.6 is 23.1 Å². The summed E-state index contributed by atoms with van der Waals surface area (Å²) in [6, 6.07) is 5.48. The Bertz CT molecular complexity index is 1010. The van der Waals surface area contributed by atoms with Crippen LogP contribution in [0.5, 0.6) is 0 Å². The van der Waals surface area contributed by atoms with Crippen LogP contribution in [-0.4, -0.2) is 31.3 Å². The molecule has 0 fully saturated rings. The van der Waals surface area contributed by atoms with Crippen molar-refractivity contribution in [1.82, 2.24) is 15.0 Å². The van der Waals surface area contributed by atoms with Crippen molar-refractivity contribution in [2.75, 3.05) is 6.26 Å². The minimum atomic E-state index is -2.68. The fourth-order valence-corrected chi connectivity index (χ4v) is 4.77. The molecular weight excluding hydrogens is 396 g/mol. The fraction of sp³-hybridized carbons (Fsp3) is 0.368. The van der Waals surface area contributed by atoms with E-state index in [9.17, 15) is 4.21 Å². The highest BCUT2D eigenvalue weighted by molar-refractivity contribution is 7.98. The van der Waals surface area contributed by atoms with E-state index in [1.807, 2.05) is 30.8 Å². The van der Waals surface area contributed by atoms with Gasteiger partial charge in [0, 0.05) is 28.6 Å². The Morgan fingerprint density at radius 3 is 2.63 bits per heavy atom. The molecule has 0 spiro atoms. The molecule has 2 atom stereocenters. The average molecular weight is 421 g/mol. The lowest BCUT2D eigenvalue weighted by Gasteiger charge is -2.09. The van der Waals surface area contributed by atoms with Crippen molar-refractivity contribution in [2.24, 2.45) is 11.1 Å². The number of aryl methyl sites for hydroxylation is 2. The SMILES string of the molecule is C=S(N)(=O)c1ccc2nc(CC[C@@H](C)CCc3ncc(SC)cn3)sc2c1. The van der Waals surface area contributed by atoms with Crippen LogP contribution in [0.3, 0.4) is 0 Å². The molecule has 8 heteroatoms. The van der Waals surface area contributed by atoms with E-state index in [1.165, 1.54) is 0 Å². The number of fused-ring (bicyclic) bond motifs is 1. The van der Waals surface area contributed by atoms with Gasteiger partial charge < -0.3 is 0 Å². The molecule has 2 heterocycles. The van der Waals surface area contributed by atoms with Crippen LogP contribution in [0.1, 0.15) is 30.6 Å². The number of thioether (sulfide) groups is 1. The maximum absolute atomic E-state index is 11.9. The molecule has 27 heavy (non-hydrogen) atoms. The molecule has 0 radical (unpaired) electrons. The maximum Gasteiger partial charge on any atom is 0.128 e. The zero-order chi connectivity index (χ0) is 19.4. The largest absolute Gasteiger partial charge is 0.256 e. The Morgan fingerprint density at radius 2 is 1.96 bits per heavy atom. The third kappa shape index (κ3) is 5.51. The summed E-state index contributed by atoms with van der Waals surface area (Å²) in [4.78, 5) is 15.2. The first-order chi connectivity index (χ1) is 12.8. The van der Waals surface area contributed by atoms with Gasteiger partial charge in [-0.25, -0.2) is 19.2 Å². The molecule has 3 rings (SSSR count). The second-order valence-corrected chi connectivity index (χ2v) is 10.6. The number of hydrogen-bond donors (Lipinski definition) is 1. The summed E-state index contributed by atoms with van der Waals surface area (Å²) in [7, 11) is -2.68. The van der Waals surface area contributed by atoms with E-state index in [0.717, 1.165) is 51.6 Å². The molecule has 0 aliphatic rings. The topological polar surface area (TPSA) is 81.8 Å². The lowest BCUT2D eigenvalue weighted by Crippen LogP contribution is -2.11. The molecular formula is C19H24N4OS3. The summed E-state index contributed by atoms with van der Waals surface area (Å²) in [6.45, 7) is 2.26. The quantitative estimate of drug-likeness (QED) is 0.441. The monoisotopic (exact) mass is 420 g/mol. The summed E-state index contributed by atoms with van der Waals surface area (Å²) < 4.78 is 12.9. The van der Waals surface area contributed by atoms with E-state index >= 15 is 0 Å². The summed E-state index contributed by atoms with van der Waals surface area (Å²) >= 11 is 3.30. The van der Waals surface area contributed by atoms with Crippen LogP contribution in [0, 0.1) is 5.92 Å². The molecule has 0 aliphatic carbocycles. The van der Waals surface area contributed by atoms with Crippen LogP contribution in [-0.2, 0) is 22.5 Å². The normalized spacial score (nSPS) is 14.9. The van der Waals surface area contributed by atoms with Gasteiger partial charge in [0.05, 0.1) is 24.9 Å². The molecule has 3 aromatic rings. The van der Waals surface area contributed by atoms with Gasteiger partial charge in [-0.3, -0.25) is 5.14 Å². The van der Waals surface area contributed by atoms with Gasteiger partial charge in [0.25, 0.3) is 0 Å². The van der Waals surface area contributed by atoms with E-state index < -0.39 is 9.71 Å². The Balaban J connectivity index is 1.55. The van der Waals surface area contributed by atoms with Gasteiger partial charge in [0.1, 0.15) is 5.82 Å². The van der Waals surface area contributed by atoms with Crippen molar-refractivity contribution in [3.63, 3.8) is 0 Å². The van der Waals surface area contributed by atoms with Crippen molar-refractivity contribution in [2.45, 2.75) is 42.4 Å². The van der Waals surface area contributed by atoms with Crippen molar-refractivity contribution in [3.8, 4) is 0 Å². The zero-order valence-electron chi connectivity index (χ0n) is 15.6. The van der Waals surface area contributed by atoms with Gasteiger partial charge in [-0.15, -0.1) is 23.1 Å². The predicted octanol–water partition coefficient (Wildman–Crippen LogP) is 3.96. The number of hydrogen-bond acceptors (Lipinski definition) is 6. The lowest BCUT2D eigenvalue weighted by molar-refractivity contribution is 0.486. The number of thiazole rings is 1. The number of aromatic nitrogens is 3. The van der Waals surface area contributed by atoms with E-state index in [0.29, 0.717) is 10.8 Å². The molecule has 1 unspecified atom stereocenters. The van der Waals surface area contributed by atoms with E-state index in [2.05, 4.69) is 27.7 Å². The summed E-state index contributed by atoms with van der Waals surface area (Å²) in [5.41, 5.74) is 0.928. The highest BCUT2D eigenvalue weighted by atomic mass is 32.2. The highest BCUT2D eigenvalue weighted by Gasteiger charge is 2.10. The molecule has 2 aromatic heterocycles. The summed E-state index contributed by atoms with van der Waals surface area (Å²) in [5, 5.41) is 6.74. The van der Waals surface area contributed by atoms with E-state index in [1.54, 1.807) is 29.2 Å². The van der Waals surface area contributed by atoms with Gasteiger partial charge in [-0.05, 0) is 55.5 Å². The molecule has 0 amide bonds. The highest BCUT2D eigenvalue weighted by Crippen LogP contribution is 2.26. The Kier molecular flexibility index (Phi) is 6.52. The Labute approximate surface area is 169 Å². The number of rotatable bonds is 8. The minimum Gasteiger partial charge on any atom is -0.256 e. The van der Waals surface area contributed by atoms with Crippen LogP contribution < -0.4 is 5.14 Å². The third-order valence-electron chi connectivity index (χ3n) is 4.43. The minimum absolute atomic E-state index is 0.569. The molecule has 0 aliphatic heterocycles. The van der Waals surface area contributed by atoms with Crippen LogP contribution in [0.2, 0.25) is 0 Å². The summed E-state index contributed by atoms with van der Waals surface area (Å²) in [5.74, 6) is 5.02. The zero-order valence-corrected chi connectivity index (χ0v) is 18.0. The van der Waals surface area contributed by atoms with Gasteiger partial charge in [-0.1, -0.05) is 6.92 Å². The second-order valence-electron chi connectivity index (χ2n) is 6.69. The van der Waals surface area contributed by atoms with Crippen LogP contribution in [0.15, 0.2) is 40.4 Å². The molecule has 5 nitrogen and oxygen atoms in total. The Morgan fingerprint density at radius 1 is 1.26 bits per heavy atom. The van der Waals surface area contributed by atoms with Crippen LogP contribution in [0.4, 0.5) is 0 Å². The van der Waals surface area contributed by atoms with Crippen molar-refractivity contribution < 1.29 is 4.21 Å². The Hall–Kier alpha value is -1.48. The molecule has 1 aromatic carbocycles. The first-order valence-corrected chi connectivity index (χ1v) is 12.6. The van der Waals surface area contributed by atoms with Gasteiger partial charge >= 0.3 is 0 Å². The average Bonchev–Trinajstić information content (AvgIpc) is 3.06. The number of nitrogens with zero attached hydrogens (tertiary/aromatic N) is 3. The first kappa shape index (κ1) is 20.3. The van der Waals surface area contributed by atoms with Gasteiger partial charge in [0.15, 0.2) is 0 Å². The molecule has 2 N–H and O–H groups in total. The van der Waals surface area contributed by atoms with Crippen molar-refractivity contribution in [1.29, 1.82) is 0 Å². The maximum atomic E-state index is 11.9. The standard InChI is InChI=1S/C19H24N4OS3/c1-13(4-8-18-21-11-14(25-2)12-22-18)5-9-19-23-16-7-6-15(27(3,20)24)10-17(16)26-19/h6-7,10-13H,3-5,8-9H2,1-2H3,(H2,20,24)/t13-,27?/m0/s1. The second kappa shape index (κ2) is 8.68. The van der Waals surface area contributed by atoms with Crippen LogP contribution in [0.25, 0.3) is 10.2 Å². The van der Waals surface area contributed by atoms with Crippen molar-refractivity contribution in [3.05, 3.63) is 41.4 Å².